The molecular weight excluding hydrogens is 262 g/mol. The summed E-state index contributed by atoms with van der Waals surface area (Å²) in [4.78, 5) is 11.0. The third kappa shape index (κ3) is 2.89. The summed E-state index contributed by atoms with van der Waals surface area (Å²) in [5.74, 6) is 0.774. The van der Waals surface area contributed by atoms with Gasteiger partial charge in [0.05, 0.1) is 36.1 Å². The third-order valence-electron chi connectivity index (χ3n) is 3.29. The second kappa shape index (κ2) is 5.71. The lowest BCUT2D eigenvalue weighted by atomic mass is 10.2. The number of methoxy groups -OCH3 is 1. The zero-order valence-electron chi connectivity index (χ0n) is 12.1. The molecule has 0 fully saturated rings. The normalized spacial score (nSPS) is 11.1. The van der Waals surface area contributed by atoms with Crippen molar-refractivity contribution < 1.29 is 4.74 Å². The van der Waals surface area contributed by atoms with E-state index in [1.54, 1.807) is 13.3 Å². The first-order valence-electron chi connectivity index (χ1n) is 6.78. The number of aromatic amines is 2. The molecule has 0 unspecified atom stereocenters. The summed E-state index contributed by atoms with van der Waals surface area (Å²) < 4.78 is 5.40. The molecule has 0 atom stereocenters. The van der Waals surface area contributed by atoms with Crippen LogP contribution in [0.25, 0.3) is 11.4 Å². The van der Waals surface area contributed by atoms with Gasteiger partial charge in [0.25, 0.3) is 0 Å². The van der Waals surface area contributed by atoms with E-state index in [1.807, 2.05) is 48.7 Å². The van der Waals surface area contributed by atoms with Crippen LogP contribution < -0.4 is 4.74 Å². The van der Waals surface area contributed by atoms with Crippen molar-refractivity contribution in [2.24, 2.45) is 4.99 Å². The molecule has 2 N–H and O–H groups in total. The Morgan fingerprint density at radius 3 is 2.57 bits per heavy atom. The van der Waals surface area contributed by atoms with Crippen LogP contribution >= 0.6 is 0 Å². The van der Waals surface area contributed by atoms with Crippen molar-refractivity contribution >= 4 is 11.9 Å². The van der Waals surface area contributed by atoms with Crippen LogP contribution in [0.4, 0.5) is 5.69 Å². The number of aromatic nitrogens is 2. The maximum atomic E-state index is 5.40. The molecule has 0 aliphatic rings. The summed E-state index contributed by atoms with van der Waals surface area (Å²) in [6, 6.07) is 14.0. The molecule has 106 valence electrons. The van der Waals surface area contributed by atoms with Crippen molar-refractivity contribution in [3.63, 3.8) is 0 Å². The highest BCUT2D eigenvalue weighted by molar-refractivity contribution is 5.85. The maximum absolute atomic E-state index is 5.40. The van der Waals surface area contributed by atoms with Crippen LogP contribution in [0.15, 0.2) is 53.7 Å². The second-order valence-electron chi connectivity index (χ2n) is 4.84. The van der Waals surface area contributed by atoms with Crippen LogP contribution in [0.3, 0.4) is 0 Å². The van der Waals surface area contributed by atoms with Crippen molar-refractivity contribution in [1.82, 2.24) is 9.97 Å². The summed E-state index contributed by atoms with van der Waals surface area (Å²) in [6.07, 6.45) is 3.68. The van der Waals surface area contributed by atoms with Crippen LogP contribution in [-0.2, 0) is 0 Å². The van der Waals surface area contributed by atoms with E-state index in [0.29, 0.717) is 0 Å². The average Bonchev–Trinajstić information content (AvgIpc) is 3.15. The number of benzene rings is 1. The van der Waals surface area contributed by atoms with Gasteiger partial charge in [-0.2, -0.15) is 0 Å². The lowest BCUT2D eigenvalue weighted by Gasteiger charge is -1.97. The summed E-state index contributed by atoms with van der Waals surface area (Å²) in [5, 5.41) is 0. The zero-order valence-corrected chi connectivity index (χ0v) is 12.1. The molecule has 0 saturated carbocycles. The third-order valence-corrected chi connectivity index (χ3v) is 3.29. The van der Waals surface area contributed by atoms with Gasteiger partial charge >= 0.3 is 0 Å². The van der Waals surface area contributed by atoms with E-state index in [2.05, 4.69) is 21.9 Å². The molecule has 0 aliphatic carbocycles. The molecule has 0 amide bonds. The highest BCUT2D eigenvalue weighted by atomic mass is 16.5. The van der Waals surface area contributed by atoms with Gasteiger partial charge in [-0.25, -0.2) is 0 Å². The van der Waals surface area contributed by atoms with Crippen molar-refractivity contribution in [3.8, 4) is 17.1 Å². The summed E-state index contributed by atoms with van der Waals surface area (Å²) >= 11 is 0. The summed E-state index contributed by atoms with van der Waals surface area (Å²) in [6.45, 7) is 2.06. The zero-order chi connectivity index (χ0) is 14.7. The van der Waals surface area contributed by atoms with Crippen molar-refractivity contribution in [2.75, 3.05) is 7.11 Å². The van der Waals surface area contributed by atoms with Gasteiger partial charge in [0.15, 0.2) is 0 Å². The molecule has 0 aliphatic heterocycles. The van der Waals surface area contributed by atoms with Gasteiger partial charge < -0.3 is 14.7 Å². The number of rotatable bonds is 4. The molecule has 3 rings (SSSR count). The first-order chi connectivity index (χ1) is 10.3. The molecule has 3 aromatic rings. The topological polar surface area (TPSA) is 53.2 Å². The molecule has 0 saturated heterocycles. The minimum Gasteiger partial charge on any atom is -0.494 e. The molecule has 0 radical (unpaired) electrons. The van der Waals surface area contributed by atoms with E-state index in [1.165, 1.54) is 5.56 Å². The smallest absolute Gasteiger partial charge is 0.146 e. The average molecular weight is 279 g/mol. The van der Waals surface area contributed by atoms with Crippen molar-refractivity contribution in [2.45, 2.75) is 6.92 Å². The number of aryl methyl sites for hydroxylation is 1. The van der Waals surface area contributed by atoms with Gasteiger partial charge in [-0.05, 0) is 31.2 Å². The van der Waals surface area contributed by atoms with Gasteiger partial charge in [-0.1, -0.05) is 17.7 Å². The summed E-state index contributed by atoms with van der Waals surface area (Å²) in [5.41, 5.74) is 4.98. The Hall–Kier alpha value is -2.75. The number of hydrogen-bond donors (Lipinski definition) is 2. The molecular formula is C17H17N3O. The standard InChI is InChI=1S/C17H17N3O/c1-12-5-7-13(8-6-12)19-11-16-17(21-2)10-15(20-16)14-4-3-9-18-14/h3-11,18,20H,1-2H3. The van der Waals surface area contributed by atoms with E-state index in [-0.39, 0.29) is 0 Å². The first-order valence-corrected chi connectivity index (χ1v) is 6.78. The highest BCUT2D eigenvalue weighted by Gasteiger charge is 2.08. The second-order valence-corrected chi connectivity index (χ2v) is 4.84. The lowest BCUT2D eigenvalue weighted by Crippen LogP contribution is -1.87. The Kier molecular flexibility index (Phi) is 3.60. The number of H-pyrrole nitrogens is 2. The van der Waals surface area contributed by atoms with Gasteiger partial charge in [0.1, 0.15) is 5.75 Å². The van der Waals surface area contributed by atoms with Crippen LogP contribution in [0.1, 0.15) is 11.3 Å². The van der Waals surface area contributed by atoms with E-state index < -0.39 is 0 Å². The minimum atomic E-state index is 0.774. The fourth-order valence-electron chi connectivity index (χ4n) is 2.13. The maximum Gasteiger partial charge on any atom is 0.146 e. The van der Waals surface area contributed by atoms with Crippen LogP contribution in [-0.4, -0.2) is 23.3 Å². The monoisotopic (exact) mass is 279 g/mol. The highest BCUT2D eigenvalue weighted by Crippen LogP contribution is 2.25. The molecule has 2 aromatic heterocycles. The summed E-state index contributed by atoms with van der Waals surface area (Å²) in [7, 11) is 1.66. The predicted molar refractivity (Wildman–Crippen MR) is 85.6 cm³/mol. The van der Waals surface area contributed by atoms with Crippen molar-refractivity contribution in [3.05, 3.63) is 59.9 Å². The number of nitrogens with zero attached hydrogens (tertiary/aromatic N) is 1. The predicted octanol–water partition coefficient (Wildman–Crippen LogP) is 4.08. The van der Waals surface area contributed by atoms with E-state index >= 15 is 0 Å². The molecule has 0 bridgehead atoms. The van der Waals surface area contributed by atoms with Crippen LogP contribution in [0.5, 0.6) is 5.75 Å². The van der Waals surface area contributed by atoms with Gasteiger partial charge in [-0.15, -0.1) is 0 Å². The Morgan fingerprint density at radius 2 is 1.90 bits per heavy atom. The van der Waals surface area contributed by atoms with Gasteiger partial charge in [0.2, 0.25) is 0 Å². The molecule has 0 spiro atoms. The first kappa shape index (κ1) is 13.2. The SMILES string of the molecule is COc1cc(-c2ccc[nH]2)[nH]c1C=Nc1ccc(C)cc1. The number of ether oxygens (including phenoxy) is 1. The Morgan fingerprint density at radius 1 is 1.10 bits per heavy atom. The Balaban J connectivity index is 1.89. The minimum absolute atomic E-state index is 0.774. The quantitative estimate of drug-likeness (QED) is 0.695. The molecule has 4 heteroatoms. The Labute approximate surface area is 123 Å². The fourth-order valence-corrected chi connectivity index (χ4v) is 2.13. The van der Waals surface area contributed by atoms with Gasteiger partial charge in [-0.3, -0.25) is 4.99 Å². The molecule has 21 heavy (non-hydrogen) atoms. The van der Waals surface area contributed by atoms with Crippen LogP contribution in [0, 0.1) is 6.92 Å². The van der Waals surface area contributed by atoms with E-state index in [9.17, 15) is 0 Å². The molecule has 4 nitrogen and oxygen atoms in total. The van der Waals surface area contributed by atoms with Crippen molar-refractivity contribution in [1.29, 1.82) is 0 Å². The van der Waals surface area contributed by atoms with E-state index in [0.717, 1.165) is 28.5 Å². The van der Waals surface area contributed by atoms with Gasteiger partial charge in [0, 0.05) is 12.3 Å². The molecule has 1 aromatic carbocycles. The largest absolute Gasteiger partial charge is 0.494 e. The lowest BCUT2D eigenvalue weighted by molar-refractivity contribution is 0.415. The number of nitrogens with one attached hydrogen (secondary N) is 2. The number of hydrogen-bond acceptors (Lipinski definition) is 2. The fraction of sp³-hybridized carbons (Fsp3) is 0.118. The number of aliphatic imine (C=N–C) groups is 1. The van der Waals surface area contributed by atoms with E-state index in [4.69, 9.17) is 4.74 Å². The molecule has 2 heterocycles. The Bertz CT molecular complexity index is 737. The van der Waals surface area contributed by atoms with Crippen LogP contribution in [0.2, 0.25) is 0 Å².